The number of amides is 1. The monoisotopic (exact) mass is 583 g/mol. The lowest BCUT2D eigenvalue weighted by molar-refractivity contribution is -0.193. The molecule has 17 heteroatoms. The SMILES string of the molecule is Cn1cc(CN2CC[C@H]3C[C@@H](C(=O)NCc4cccnc4)O[C@@H]3C2)cn1.O=C(O)C(F)(F)F.O=C(O)C(F)(F)F. The molecule has 0 spiro atoms. The molecule has 2 fully saturated rings. The number of aryl methyl sites for hydroxylation is 1. The van der Waals surface area contributed by atoms with Crippen molar-refractivity contribution in [2.24, 2.45) is 13.0 Å². The molecule has 0 aliphatic carbocycles. The minimum absolute atomic E-state index is 0.0120. The molecule has 4 heterocycles. The van der Waals surface area contributed by atoms with Crippen molar-refractivity contribution in [2.75, 3.05) is 13.1 Å². The average molecular weight is 583 g/mol. The van der Waals surface area contributed by atoms with Crippen LogP contribution in [0.1, 0.15) is 24.0 Å². The predicted molar refractivity (Wildman–Crippen MR) is 123 cm³/mol. The van der Waals surface area contributed by atoms with E-state index in [-0.39, 0.29) is 18.1 Å². The molecule has 1 amide bonds. The normalized spacial score (nSPS) is 20.7. The highest BCUT2D eigenvalue weighted by Crippen LogP contribution is 2.33. The van der Waals surface area contributed by atoms with Gasteiger partial charge >= 0.3 is 24.3 Å². The third-order valence-electron chi connectivity index (χ3n) is 5.77. The summed E-state index contributed by atoms with van der Waals surface area (Å²) in [5.41, 5.74) is 2.22. The maximum Gasteiger partial charge on any atom is 0.490 e. The van der Waals surface area contributed by atoms with Gasteiger partial charge in [0.25, 0.3) is 0 Å². The summed E-state index contributed by atoms with van der Waals surface area (Å²) in [6.45, 7) is 3.31. The number of aromatic nitrogens is 3. The van der Waals surface area contributed by atoms with Gasteiger partial charge in [0.15, 0.2) is 0 Å². The Bertz CT molecular complexity index is 1100. The van der Waals surface area contributed by atoms with Crippen LogP contribution in [0.2, 0.25) is 0 Å². The molecule has 40 heavy (non-hydrogen) atoms. The first kappa shape index (κ1) is 32.5. The van der Waals surface area contributed by atoms with Crippen LogP contribution < -0.4 is 5.32 Å². The fourth-order valence-electron chi connectivity index (χ4n) is 3.92. The number of rotatable bonds is 5. The number of ether oxygens (including phenoxy) is 1. The van der Waals surface area contributed by atoms with Crippen LogP contribution in [0.5, 0.6) is 0 Å². The maximum absolute atomic E-state index is 12.5. The van der Waals surface area contributed by atoms with Crippen LogP contribution in [0.3, 0.4) is 0 Å². The molecular weight excluding hydrogens is 556 g/mol. The fourth-order valence-corrected chi connectivity index (χ4v) is 3.92. The highest BCUT2D eigenvalue weighted by Gasteiger charge is 2.42. The minimum Gasteiger partial charge on any atom is -0.475 e. The number of hydrogen-bond acceptors (Lipinski definition) is 7. The second-order valence-electron chi connectivity index (χ2n) is 8.89. The van der Waals surface area contributed by atoms with Crippen molar-refractivity contribution in [3.63, 3.8) is 0 Å². The van der Waals surface area contributed by atoms with Gasteiger partial charge in [0.05, 0.1) is 12.3 Å². The van der Waals surface area contributed by atoms with Crippen LogP contribution >= 0.6 is 0 Å². The third kappa shape index (κ3) is 10.8. The van der Waals surface area contributed by atoms with E-state index in [1.54, 1.807) is 12.4 Å². The van der Waals surface area contributed by atoms with E-state index in [0.29, 0.717) is 12.5 Å². The number of carbonyl (C=O) groups is 3. The van der Waals surface area contributed by atoms with Gasteiger partial charge in [-0.3, -0.25) is 19.4 Å². The van der Waals surface area contributed by atoms with Crippen molar-refractivity contribution in [3.05, 3.63) is 48.0 Å². The number of carboxylic acid groups (broad SMARTS) is 2. The quantitative estimate of drug-likeness (QED) is 0.452. The zero-order chi connectivity index (χ0) is 30.1. The summed E-state index contributed by atoms with van der Waals surface area (Å²) < 4.78 is 71.4. The predicted octanol–water partition coefficient (Wildman–Crippen LogP) is 2.38. The van der Waals surface area contributed by atoms with Gasteiger partial charge in [-0.1, -0.05) is 6.07 Å². The molecule has 0 radical (unpaired) electrons. The summed E-state index contributed by atoms with van der Waals surface area (Å²) in [6, 6.07) is 3.83. The molecule has 0 aromatic carbocycles. The molecule has 0 bridgehead atoms. The van der Waals surface area contributed by atoms with Crippen LogP contribution in [0.25, 0.3) is 0 Å². The lowest BCUT2D eigenvalue weighted by Gasteiger charge is -2.33. The Kier molecular flexibility index (Phi) is 11.4. The molecule has 0 saturated carbocycles. The zero-order valence-electron chi connectivity index (χ0n) is 21.0. The van der Waals surface area contributed by atoms with Crippen LogP contribution in [0.15, 0.2) is 36.9 Å². The van der Waals surface area contributed by atoms with Crippen molar-refractivity contribution < 1.29 is 55.7 Å². The van der Waals surface area contributed by atoms with Gasteiger partial charge in [0, 0.05) is 50.8 Å². The summed E-state index contributed by atoms with van der Waals surface area (Å²) in [6.07, 6.45) is -0.984. The topological polar surface area (TPSA) is 147 Å². The zero-order valence-corrected chi connectivity index (χ0v) is 21.0. The molecule has 11 nitrogen and oxygen atoms in total. The first-order chi connectivity index (χ1) is 18.6. The van der Waals surface area contributed by atoms with Crippen LogP contribution in [0, 0.1) is 5.92 Å². The van der Waals surface area contributed by atoms with Gasteiger partial charge in [-0.15, -0.1) is 0 Å². The molecule has 0 unspecified atom stereocenters. The van der Waals surface area contributed by atoms with E-state index in [2.05, 4.69) is 26.5 Å². The number of fused-ring (bicyclic) bond motifs is 1. The number of alkyl halides is 6. The molecule has 2 aliphatic heterocycles. The van der Waals surface area contributed by atoms with E-state index >= 15 is 0 Å². The van der Waals surface area contributed by atoms with E-state index in [9.17, 15) is 31.1 Å². The Morgan fingerprint density at radius 3 is 2.20 bits per heavy atom. The number of nitrogens with one attached hydrogen (secondary N) is 1. The van der Waals surface area contributed by atoms with Gasteiger partial charge in [-0.25, -0.2) is 9.59 Å². The van der Waals surface area contributed by atoms with Crippen LogP contribution in [-0.4, -0.2) is 85.4 Å². The lowest BCUT2D eigenvalue weighted by atomic mass is 9.91. The van der Waals surface area contributed by atoms with Crippen molar-refractivity contribution in [2.45, 2.75) is 50.5 Å². The average Bonchev–Trinajstić information content (AvgIpc) is 3.48. The number of aliphatic carboxylic acids is 2. The number of piperidine rings is 1. The van der Waals surface area contributed by atoms with Crippen molar-refractivity contribution >= 4 is 17.8 Å². The number of pyridine rings is 1. The summed E-state index contributed by atoms with van der Waals surface area (Å²) in [5, 5.41) is 21.5. The van der Waals surface area contributed by atoms with E-state index in [4.69, 9.17) is 24.5 Å². The van der Waals surface area contributed by atoms with E-state index in [1.165, 1.54) is 5.56 Å². The largest absolute Gasteiger partial charge is 0.490 e. The number of hydrogen-bond donors (Lipinski definition) is 3. The molecular formula is C23H27F6N5O6. The standard InChI is InChI=1S/C19H25N5O2.2C2HF3O2/c1-23-11-15(10-22-23)12-24-6-4-16-7-17(26-18(16)13-24)19(25)21-9-14-3-2-5-20-8-14;2*3-2(4,5)1(6)7/h2-3,5,8,10-11,16-18H,4,6-7,9,12-13H2,1H3,(H,21,25);2*(H,6,7)/t16-,17-,18+;;/m0../s1. The molecule has 222 valence electrons. The van der Waals surface area contributed by atoms with Gasteiger partial charge in [-0.05, 0) is 36.9 Å². The Morgan fingerprint density at radius 2 is 1.70 bits per heavy atom. The number of carboxylic acids is 2. The molecule has 2 saturated heterocycles. The summed E-state index contributed by atoms with van der Waals surface area (Å²) >= 11 is 0. The Labute approximate surface area is 223 Å². The van der Waals surface area contributed by atoms with Crippen molar-refractivity contribution in [1.82, 2.24) is 25.0 Å². The third-order valence-corrected chi connectivity index (χ3v) is 5.77. The minimum atomic E-state index is -5.08. The molecule has 2 aliphatic rings. The number of likely N-dealkylation sites (tertiary alicyclic amines) is 1. The van der Waals surface area contributed by atoms with Crippen LogP contribution in [0.4, 0.5) is 26.3 Å². The lowest BCUT2D eigenvalue weighted by Crippen LogP contribution is -2.42. The maximum atomic E-state index is 12.5. The molecule has 2 aromatic rings. The van der Waals surface area contributed by atoms with E-state index < -0.39 is 24.3 Å². The Balaban J connectivity index is 0.000000333. The van der Waals surface area contributed by atoms with Crippen molar-refractivity contribution in [1.29, 1.82) is 0 Å². The van der Waals surface area contributed by atoms with Crippen molar-refractivity contribution in [3.8, 4) is 0 Å². The Hall–Kier alpha value is -3.73. The summed E-state index contributed by atoms with van der Waals surface area (Å²) in [5.74, 6) is -5.05. The summed E-state index contributed by atoms with van der Waals surface area (Å²) in [7, 11) is 1.94. The highest BCUT2D eigenvalue weighted by atomic mass is 19.4. The van der Waals surface area contributed by atoms with E-state index in [0.717, 1.165) is 38.0 Å². The molecule has 4 rings (SSSR count). The first-order valence-electron chi connectivity index (χ1n) is 11.7. The number of halogens is 6. The fraction of sp³-hybridized carbons (Fsp3) is 0.522. The van der Waals surface area contributed by atoms with Crippen LogP contribution in [-0.2, 0) is 39.3 Å². The van der Waals surface area contributed by atoms with Gasteiger partial charge in [-0.2, -0.15) is 31.4 Å². The van der Waals surface area contributed by atoms with E-state index in [1.807, 2.05) is 30.1 Å². The highest BCUT2D eigenvalue weighted by molar-refractivity contribution is 5.81. The second-order valence-corrected chi connectivity index (χ2v) is 8.89. The summed E-state index contributed by atoms with van der Waals surface area (Å²) in [4.78, 5) is 36.7. The Morgan fingerprint density at radius 1 is 1.07 bits per heavy atom. The first-order valence-corrected chi connectivity index (χ1v) is 11.7. The molecule has 2 aromatic heterocycles. The van der Waals surface area contributed by atoms with Gasteiger partial charge in [0.2, 0.25) is 5.91 Å². The number of carbonyl (C=O) groups excluding carboxylic acids is 1. The molecule has 3 atom stereocenters. The second kappa shape index (κ2) is 14.1. The van der Waals surface area contributed by atoms with Gasteiger partial charge in [0.1, 0.15) is 6.10 Å². The van der Waals surface area contributed by atoms with Gasteiger partial charge < -0.3 is 20.3 Å². The molecule has 3 N–H and O–H groups in total. The smallest absolute Gasteiger partial charge is 0.475 e. The number of nitrogens with zero attached hydrogens (tertiary/aromatic N) is 4.